The number of aryl methyl sites for hydroxylation is 2. The molecule has 3 rings (SSSR count). The zero-order chi connectivity index (χ0) is 23.6. The van der Waals surface area contributed by atoms with Gasteiger partial charge in [0.05, 0.1) is 18.5 Å². The predicted octanol–water partition coefficient (Wildman–Crippen LogP) is 6.76. The zero-order valence-electron chi connectivity index (χ0n) is 19.2. The number of ether oxygens (including phenoxy) is 3. The normalized spacial score (nSPS) is 11.6. The summed E-state index contributed by atoms with van der Waals surface area (Å²) in [6.45, 7) is 6.59. The summed E-state index contributed by atoms with van der Waals surface area (Å²) in [6, 6.07) is 21.5. The van der Waals surface area contributed by atoms with Crippen LogP contribution in [0.2, 0.25) is 0 Å². The molecule has 1 N–H and O–H groups in total. The highest BCUT2D eigenvalue weighted by atomic mass is 32.2. The second-order valence-electron chi connectivity index (χ2n) is 7.73. The van der Waals surface area contributed by atoms with Crippen LogP contribution in [-0.2, 0) is 11.2 Å². The van der Waals surface area contributed by atoms with Crippen molar-refractivity contribution in [1.82, 2.24) is 0 Å². The van der Waals surface area contributed by atoms with Gasteiger partial charge in [0.1, 0.15) is 11.5 Å². The van der Waals surface area contributed by atoms with Gasteiger partial charge in [-0.3, -0.25) is 4.79 Å². The number of carbonyl (C=O) groups is 1. The molecule has 0 spiro atoms. The van der Waals surface area contributed by atoms with Gasteiger partial charge in [-0.1, -0.05) is 31.2 Å². The van der Waals surface area contributed by atoms with E-state index < -0.39 is 5.97 Å². The minimum atomic E-state index is -0.824. The fourth-order valence-corrected chi connectivity index (χ4v) is 3.93. The number of rotatable bonds is 12. The van der Waals surface area contributed by atoms with E-state index in [4.69, 9.17) is 19.3 Å². The van der Waals surface area contributed by atoms with E-state index in [0.717, 1.165) is 28.4 Å². The van der Waals surface area contributed by atoms with Gasteiger partial charge in [0, 0.05) is 11.3 Å². The molecule has 0 aliphatic rings. The first-order valence-electron chi connectivity index (χ1n) is 11.0. The molecule has 0 saturated carbocycles. The number of carboxylic acid groups (broad SMARTS) is 1. The number of thioether (sulfide) groups is 1. The molecule has 174 valence electrons. The van der Waals surface area contributed by atoms with Gasteiger partial charge in [-0.2, -0.15) is 0 Å². The largest absolute Gasteiger partial charge is 0.493 e. The Kier molecular flexibility index (Phi) is 9.07. The van der Waals surface area contributed by atoms with E-state index >= 15 is 0 Å². The highest BCUT2D eigenvalue weighted by Gasteiger charge is 2.12. The fourth-order valence-electron chi connectivity index (χ4n) is 3.20. The minimum absolute atomic E-state index is 0.0467. The van der Waals surface area contributed by atoms with Crippen LogP contribution < -0.4 is 14.2 Å². The van der Waals surface area contributed by atoms with Crippen LogP contribution in [0, 0.1) is 6.92 Å². The number of aliphatic carboxylic acids is 1. The molecule has 33 heavy (non-hydrogen) atoms. The van der Waals surface area contributed by atoms with Gasteiger partial charge < -0.3 is 19.3 Å². The molecule has 0 bridgehead atoms. The smallest absolute Gasteiger partial charge is 0.313 e. The van der Waals surface area contributed by atoms with Gasteiger partial charge in [-0.15, -0.1) is 11.8 Å². The average Bonchev–Trinajstić information content (AvgIpc) is 2.80. The first-order valence-corrected chi connectivity index (χ1v) is 12.0. The maximum absolute atomic E-state index is 10.8. The van der Waals surface area contributed by atoms with E-state index in [1.807, 2.05) is 74.5 Å². The highest BCUT2D eigenvalue weighted by Crippen LogP contribution is 2.34. The van der Waals surface area contributed by atoms with Crippen LogP contribution in [0.4, 0.5) is 0 Å². The van der Waals surface area contributed by atoms with Crippen LogP contribution in [0.3, 0.4) is 0 Å². The van der Waals surface area contributed by atoms with Crippen molar-refractivity contribution in [3.63, 3.8) is 0 Å². The third-order valence-corrected chi connectivity index (χ3v) is 6.17. The third-order valence-electron chi connectivity index (χ3n) is 5.01. The maximum atomic E-state index is 10.8. The van der Waals surface area contributed by atoms with Crippen LogP contribution in [-0.4, -0.2) is 29.5 Å². The second-order valence-corrected chi connectivity index (χ2v) is 8.74. The summed E-state index contributed by atoms with van der Waals surface area (Å²) in [4.78, 5) is 11.7. The molecule has 3 aromatic carbocycles. The average molecular weight is 467 g/mol. The summed E-state index contributed by atoms with van der Waals surface area (Å²) in [7, 11) is 0. The standard InChI is InChI=1S/C27H30O5S/c1-4-21-10-12-24(25(17-21)32-22-8-6-5-7-9-22)31-20(3)14-15-30-23-11-13-26(19(2)16-23)33-18-27(28)29/h5-13,16-17,20H,4,14-15,18H2,1-3H3,(H,28,29)/t20-/m1/s1. The van der Waals surface area contributed by atoms with Crippen LogP contribution in [0.5, 0.6) is 23.0 Å². The quantitative estimate of drug-likeness (QED) is 0.297. The molecule has 5 nitrogen and oxygen atoms in total. The third kappa shape index (κ3) is 7.75. The Morgan fingerprint density at radius 3 is 2.48 bits per heavy atom. The molecule has 6 heteroatoms. The summed E-state index contributed by atoms with van der Waals surface area (Å²) in [5.74, 6) is 2.17. The zero-order valence-corrected chi connectivity index (χ0v) is 20.1. The molecule has 0 aliphatic heterocycles. The van der Waals surface area contributed by atoms with E-state index in [-0.39, 0.29) is 11.9 Å². The van der Waals surface area contributed by atoms with E-state index in [1.54, 1.807) is 0 Å². The Bertz CT molecular complexity index is 1050. The van der Waals surface area contributed by atoms with Crippen molar-refractivity contribution >= 4 is 17.7 Å². The van der Waals surface area contributed by atoms with E-state index in [1.165, 1.54) is 17.3 Å². The Labute approximate surface area is 199 Å². The van der Waals surface area contributed by atoms with Gasteiger partial charge in [-0.05, 0) is 73.9 Å². The van der Waals surface area contributed by atoms with Gasteiger partial charge >= 0.3 is 5.97 Å². The molecule has 3 aromatic rings. The van der Waals surface area contributed by atoms with Gasteiger partial charge in [0.15, 0.2) is 11.5 Å². The predicted molar refractivity (Wildman–Crippen MR) is 132 cm³/mol. The molecule has 1 atom stereocenters. The number of carboxylic acids is 1. The topological polar surface area (TPSA) is 65.0 Å². The van der Waals surface area contributed by atoms with Gasteiger partial charge in [-0.25, -0.2) is 0 Å². The van der Waals surface area contributed by atoms with Crippen LogP contribution in [0.25, 0.3) is 0 Å². The van der Waals surface area contributed by atoms with Crippen molar-refractivity contribution in [1.29, 1.82) is 0 Å². The van der Waals surface area contributed by atoms with Crippen LogP contribution in [0.1, 0.15) is 31.4 Å². The number of benzene rings is 3. The van der Waals surface area contributed by atoms with E-state index in [2.05, 4.69) is 13.0 Å². The molecule has 0 aromatic heterocycles. The monoisotopic (exact) mass is 466 g/mol. The summed E-state index contributed by atoms with van der Waals surface area (Å²) < 4.78 is 18.2. The number of hydrogen-bond donors (Lipinski definition) is 1. The van der Waals surface area contributed by atoms with Crippen molar-refractivity contribution in [3.8, 4) is 23.0 Å². The second kappa shape index (κ2) is 12.2. The fraction of sp³-hybridized carbons (Fsp3) is 0.296. The molecule has 0 aliphatic carbocycles. The Hall–Kier alpha value is -3.12. The summed E-state index contributed by atoms with van der Waals surface area (Å²) in [5.41, 5.74) is 2.19. The van der Waals surface area contributed by atoms with E-state index in [9.17, 15) is 4.79 Å². The number of para-hydroxylation sites is 1. The first-order chi connectivity index (χ1) is 15.9. The lowest BCUT2D eigenvalue weighted by molar-refractivity contribution is -0.133. The van der Waals surface area contributed by atoms with Crippen molar-refractivity contribution in [2.75, 3.05) is 12.4 Å². The lowest BCUT2D eigenvalue weighted by atomic mass is 10.1. The van der Waals surface area contributed by atoms with Crippen LogP contribution in [0.15, 0.2) is 71.6 Å². The molecular weight excluding hydrogens is 436 g/mol. The highest BCUT2D eigenvalue weighted by molar-refractivity contribution is 8.00. The van der Waals surface area contributed by atoms with E-state index in [0.29, 0.717) is 24.5 Å². The molecule has 0 heterocycles. The van der Waals surface area contributed by atoms with Gasteiger partial charge in [0.25, 0.3) is 0 Å². The Morgan fingerprint density at radius 1 is 1.00 bits per heavy atom. The summed E-state index contributed by atoms with van der Waals surface area (Å²) in [6.07, 6.45) is 1.55. The summed E-state index contributed by atoms with van der Waals surface area (Å²) in [5, 5.41) is 8.85. The summed E-state index contributed by atoms with van der Waals surface area (Å²) >= 11 is 1.31. The van der Waals surface area contributed by atoms with Crippen molar-refractivity contribution < 1.29 is 24.1 Å². The minimum Gasteiger partial charge on any atom is -0.493 e. The van der Waals surface area contributed by atoms with Gasteiger partial charge in [0.2, 0.25) is 0 Å². The number of hydrogen-bond acceptors (Lipinski definition) is 5. The van der Waals surface area contributed by atoms with Crippen molar-refractivity contribution in [2.24, 2.45) is 0 Å². The van der Waals surface area contributed by atoms with Crippen molar-refractivity contribution in [3.05, 3.63) is 77.9 Å². The Morgan fingerprint density at radius 2 is 1.79 bits per heavy atom. The first kappa shape index (κ1) is 24.5. The molecule has 0 radical (unpaired) electrons. The maximum Gasteiger partial charge on any atom is 0.313 e. The lowest BCUT2D eigenvalue weighted by Gasteiger charge is -2.19. The Balaban J connectivity index is 1.56. The molecular formula is C27H30O5S. The molecule has 0 fully saturated rings. The molecule has 0 saturated heterocycles. The SMILES string of the molecule is CCc1ccc(O[C@H](C)CCOc2ccc(SCC(=O)O)c(C)c2)c(Oc2ccccc2)c1. The lowest BCUT2D eigenvalue weighted by Crippen LogP contribution is -2.16. The van der Waals surface area contributed by atoms with Crippen LogP contribution >= 0.6 is 11.8 Å². The molecule has 0 unspecified atom stereocenters. The molecule has 0 amide bonds. The van der Waals surface area contributed by atoms with Crippen molar-refractivity contribution in [2.45, 2.75) is 44.6 Å².